The normalized spacial score (nSPS) is 14.3. The van der Waals surface area contributed by atoms with Gasteiger partial charge in [-0.1, -0.05) is 6.07 Å². The van der Waals surface area contributed by atoms with Gasteiger partial charge < -0.3 is 15.1 Å². The van der Waals surface area contributed by atoms with Gasteiger partial charge in [-0.3, -0.25) is 4.98 Å². The van der Waals surface area contributed by atoms with Crippen molar-refractivity contribution in [2.75, 3.05) is 41.3 Å². The molecule has 0 saturated carbocycles. The molecule has 132 valence electrons. The first-order chi connectivity index (χ1) is 12.9. The lowest BCUT2D eigenvalue weighted by Crippen LogP contribution is -2.47. The highest BCUT2D eigenvalue weighted by molar-refractivity contribution is 5.45. The minimum absolute atomic E-state index is 0.715. The predicted octanol–water partition coefficient (Wildman–Crippen LogP) is 2.21. The molecule has 1 aliphatic heterocycles. The van der Waals surface area contributed by atoms with E-state index in [0.717, 1.165) is 43.8 Å². The summed E-state index contributed by atoms with van der Waals surface area (Å²) in [6.07, 6.45) is 7.23. The van der Waals surface area contributed by atoms with Crippen molar-refractivity contribution in [3.63, 3.8) is 0 Å². The highest BCUT2D eigenvalue weighted by Gasteiger charge is 2.19. The molecular formula is C19H21N7. The minimum Gasteiger partial charge on any atom is -0.366 e. The van der Waals surface area contributed by atoms with E-state index in [1.165, 1.54) is 5.56 Å². The summed E-state index contributed by atoms with van der Waals surface area (Å²) in [4.78, 5) is 22.1. The molecule has 0 unspecified atom stereocenters. The average Bonchev–Trinajstić information content (AvgIpc) is 2.74. The van der Waals surface area contributed by atoms with Crippen LogP contribution in [0.3, 0.4) is 0 Å². The molecule has 0 aromatic carbocycles. The standard InChI is InChI=1S/C19H21N7/c1-2-7-21-18(3-1)25-11-13-26(14-12-25)19-22-10-6-17(24-19)23-15-16-4-8-20-9-5-16/h1-10H,11-15H2,(H,22,23,24). The molecule has 0 spiro atoms. The molecule has 0 amide bonds. The number of rotatable bonds is 5. The van der Waals surface area contributed by atoms with Crippen molar-refractivity contribution >= 4 is 17.6 Å². The molecule has 0 atom stereocenters. The van der Waals surface area contributed by atoms with E-state index in [4.69, 9.17) is 0 Å². The van der Waals surface area contributed by atoms with Crippen molar-refractivity contribution in [2.24, 2.45) is 0 Å². The van der Waals surface area contributed by atoms with Crippen molar-refractivity contribution in [1.82, 2.24) is 19.9 Å². The topological polar surface area (TPSA) is 70.1 Å². The van der Waals surface area contributed by atoms with Crippen LogP contribution in [0.25, 0.3) is 0 Å². The van der Waals surface area contributed by atoms with Crippen molar-refractivity contribution in [2.45, 2.75) is 6.54 Å². The number of piperazine rings is 1. The number of aromatic nitrogens is 4. The number of anilines is 3. The van der Waals surface area contributed by atoms with Gasteiger partial charge in [-0.25, -0.2) is 9.97 Å². The third kappa shape index (κ3) is 3.88. The van der Waals surface area contributed by atoms with Crippen LogP contribution in [0, 0.1) is 0 Å². The molecule has 3 aromatic rings. The van der Waals surface area contributed by atoms with Crippen LogP contribution in [-0.2, 0) is 6.54 Å². The van der Waals surface area contributed by atoms with Gasteiger partial charge in [-0.15, -0.1) is 0 Å². The van der Waals surface area contributed by atoms with Crippen LogP contribution in [0.15, 0.2) is 61.2 Å². The molecule has 1 aliphatic rings. The lowest BCUT2D eigenvalue weighted by atomic mass is 10.3. The number of nitrogens with one attached hydrogen (secondary N) is 1. The second-order valence-corrected chi connectivity index (χ2v) is 6.11. The third-order valence-corrected chi connectivity index (χ3v) is 4.40. The molecule has 7 nitrogen and oxygen atoms in total. The van der Waals surface area contributed by atoms with E-state index in [0.29, 0.717) is 6.54 Å². The summed E-state index contributed by atoms with van der Waals surface area (Å²) in [5.74, 6) is 2.63. The summed E-state index contributed by atoms with van der Waals surface area (Å²) in [5.41, 5.74) is 1.17. The van der Waals surface area contributed by atoms with Crippen molar-refractivity contribution in [3.8, 4) is 0 Å². The van der Waals surface area contributed by atoms with Gasteiger partial charge in [-0.2, -0.15) is 4.98 Å². The molecule has 3 aromatic heterocycles. The third-order valence-electron chi connectivity index (χ3n) is 4.40. The Labute approximate surface area is 152 Å². The van der Waals surface area contributed by atoms with Crippen molar-refractivity contribution < 1.29 is 0 Å². The Hall–Kier alpha value is -3.22. The zero-order valence-electron chi connectivity index (χ0n) is 14.5. The van der Waals surface area contributed by atoms with E-state index in [9.17, 15) is 0 Å². The quantitative estimate of drug-likeness (QED) is 0.759. The van der Waals surface area contributed by atoms with E-state index >= 15 is 0 Å². The Bertz CT molecular complexity index is 818. The number of hydrogen-bond acceptors (Lipinski definition) is 7. The number of hydrogen-bond donors (Lipinski definition) is 1. The van der Waals surface area contributed by atoms with Gasteiger partial charge in [0.25, 0.3) is 0 Å². The fourth-order valence-electron chi connectivity index (χ4n) is 2.97. The van der Waals surface area contributed by atoms with Crippen LogP contribution in [0.4, 0.5) is 17.6 Å². The van der Waals surface area contributed by atoms with Gasteiger partial charge in [0, 0.05) is 57.5 Å². The van der Waals surface area contributed by atoms with Crippen LogP contribution in [0.2, 0.25) is 0 Å². The smallest absolute Gasteiger partial charge is 0.227 e. The number of pyridine rings is 2. The number of nitrogens with zero attached hydrogens (tertiary/aromatic N) is 6. The van der Waals surface area contributed by atoms with Crippen LogP contribution >= 0.6 is 0 Å². The van der Waals surface area contributed by atoms with E-state index in [1.54, 1.807) is 12.4 Å². The summed E-state index contributed by atoms with van der Waals surface area (Å²) < 4.78 is 0. The molecule has 26 heavy (non-hydrogen) atoms. The molecule has 1 saturated heterocycles. The molecular weight excluding hydrogens is 326 g/mol. The van der Waals surface area contributed by atoms with Crippen LogP contribution in [0.1, 0.15) is 5.56 Å². The van der Waals surface area contributed by atoms with Crippen LogP contribution in [0.5, 0.6) is 0 Å². The fraction of sp³-hybridized carbons (Fsp3) is 0.263. The zero-order valence-corrected chi connectivity index (χ0v) is 14.5. The van der Waals surface area contributed by atoms with Gasteiger partial charge in [0.15, 0.2) is 0 Å². The first kappa shape index (κ1) is 16.3. The maximum Gasteiger partial charge on any atom is 0.227 e. The van der Waals surface area contributed by atoms with Crippen molar-refractivity contribution in [1.29, 1.82) is 0 Å². The Kier molecular flexibility index (Phi) is 4.86. The predicted molar refractivity (Wildman–Crippen MR) is 102 cm³/mol. The molecule has 4 heterocycles. The van der Waals surface area contributed by atoms with Gasteiger partial charge in [0.05, 0.1) is 0 Å². The van der Waals surface area contributed by atoms with Gasteiger partial charge in [0.1, 0.15) is 11.6 Å². The summed E-state index contributed by atoms with van der Waals surface area (Å²) in [6, 6.07) is 11.9. The monoisotopic (exact) mass is 347 g/mol. The Morgan fingerprint density at radius 2 is 1.62 bits per heavy atom. The second-order valence-electron chi connectivity index (χ2n) is 6.11. The van der Waals surface area contributed by atoms with Crippen LogP contribution < -0.4 is 15.1 Å². The molecule has 0 aliphatic carbocycles. The minimum atomic E-state index is 0.715. The molecule has 7 heteroatoms. The highest BCUT2D eigenvalue weighted by Crippen LogP contribution is 2.17. The van der Waals surface area contributed by atoms with Gasteiger partial charge in [-0.05, 0) is 35.9 Å². The summed E-state index contributed by atoms with van der Waals surface area (Å²) in [7, 11) is 0. The summed E-state index contributed by atoms with van der Waals surface area (Å²) >= 11 is 0. The summed E-state index contributed by atoms with van der Waals surface area (Å²) in [5, 5.41) is 3.35. The molecule has 0 radical (unpaired) electrons. The Morgan fingerprint density at radius 3 is 2.38 bits per heavy atom. The van der Waals surface area contributed by atoms with E-state index in [1.807, 2.05) is 42.7 Å². The van der Waals surface area contributed by atoms with E-state index in [-0.39, 0.29) is 0 Å². The average molecular weight is 347 g/mol. The second kappa shape index (κ2) is 7.77. The highest BCUT2D eigenvalue weighted by atomic mass is 15.3. The first-order valence-electron chi connectivity index (χ1n) is 8.75. The maximum atomic E-state index is 4.66. The Morgan fingerprint density at radius 1 is 0.808 bits per heavy atom. The lowest BCUT2D eigenvalue weighted by Gasteiger charge is -2.35. The maximum absolute atomic E-state index is 4.66. The SMILES string of the molecule is c1ccc(N2CCN(c3nccc(NCc4ccncc4)n3)CC2)nc1. The van der Waals surface area contributed by atoms with Crippen molar-refractivity contribution in [3.05, 3.63) is 66.7 Å². The first-order valence-corrected chi connectivity index (χ1v) is 8.75. The Balaban J connectivity index is 1.36. The largest absolute Gasteiger partial charge is 0.366 e. The molecule has 1 N–H and O–H groups in total. The molecule has 1 fully saturated rings. The lowest BCUT2D eigenvalue weighted by molar-refractivity contribution is 0.635. The zero-order chi connectivity index (χ0) is 17.6. The van der Waals surface area contributed by atoms with Crippen LogP contribution in [-0.4, -0.2) is 46.1 Å². The van der Waals surface area contributed by atoms with Gasteiger partial charge >= 0.3 is 0 Å². The van der Waals surface area contributed by atoms with E-state index < -0.39 is 0 Å². The van der Waals surface area contributed by atoms with Gasteiger partial charge in [0.2, 0.25) is 5.95 Å². The molecule has 0 bridgehead atoms. The summed E-state index contributed by atoms with van der Waals surface area (Å²) in [6.45, 7) is 4.30. The fourth-order valence-corrected chi connectivity index (χ4v) is 2.97. The molecule has 4 rings (SSSR count). The van der Waals surface area contributed by atoms with E-state index in [2.05, 4.69) is 41.1 Å².